The van der Waals surface area contributed by atoms with Gasteiger partial charge in [0.15, 0.2) is 0 Å². The zero-order valence-electron chi connectivity index (χ0n) is 18.9. The lowest BCUT2D eigenvalue weighted by molar-refractivity contribution is -0.128. The van der Waals surface area contributed by atoms with Gasteiger partial charge in [-0.2, -0.15) is 0 Å². The lowest BCUT2D eigenvalue weighted by Gasteiger charge is -2.33. The summed E-state index contributed by atoms with van der Waals surface area (Å²) in [4.78, 5) is 30.4. The summed E-state index contributed by atoms with van der Waals surface area (Å²) in [5.41, 5.74) is 1.40. The molecule has 2 aliphatic heterocycles. The van der Waals surface area contributed by atoms with Gasteiger partial charge in [-0.15, -0.1) is 0 Å². The van der Waals surface area contributed by atoms with E-state index in [1.165, 1.54) is 0 Å². The normalized spacial score (nSPS) is 24.1. The Morgan fingerprint density at radius 2 is 1.85 bits per heavy atom. The Morgan fingerprint density at radius 1 is 1.09 bits per heavy atom. The van der Waals surface area contributed by atoms with E-state index in [-0.39, 0.29) is 24.3 Å². The van der Waals surface area contributed by atoms with Crippen LogP contribution >= 0.6 is 0 Å². The first kappa shape index (κ1) is 21.9. The smallest absolute Gasteiger partial charge is 0.240 e. The molecule has 1 saturated heterocycles. The molecule has 7 nitrogen and oxygen atoms in total. The van der Waals surface area contributed by atoms with Crippen LogP contribution in [0, 0.1) is 5.41 Å². The van der Waals surface area contributed by atoms with E-state index in [1.54, 1.807) is 4.90 Å². The highest BCUT2D eigenvalue weighted by Gasteiger charge is 2.66. The highest BCUT2D eigenvalue weighted by atomic mass is 16.5. The molecule has 1 N–H and O–H groups in total. The summed E-state index contributed by atoms with van der Waals surface area (Å²) in [5.74, 6) is 0.774. The summed E-state index contributed by atoms with van der Waals surface area (Å²) < 4.78 is 11.4. The van der Waals surface area contributed by atoms with Crippen molar-refractivity contribution in [1.82, 2.24) is 10.2 Å². The van der Waals surface area contributed by atoms with Gasteiger partial charge in [0.1, 0.15) is 18.9 Å². The van der Waals surface area contributed by atoms with Crippen molar-refractivity contribution in [3.05, 3.63) is 60.2 Å². The van der Waals surface area contributed by atoms with Gasteiger partial charge in [-0.05, 0) is 43.1 Å². The van der Waals surface area contributed by atoms with E-state index in [0.29, 0.717) is 13.2 Å². The van der Waals surface area contributed by atoms with Crippen LogP contribution in [0.2, 0.25) is 0 Å². The standard InChI is InChI=1S/C26H31N3O4/c30-24(27-11-6-12-28-13-15-32-16-14-28)18-29-23-10-5-4-9-21(23)22-17-26(22,25(29)31)19-33-20-7-2-1-3-8-20/h1-5,7-10,22H,6,11-19H2,(H,27,30)/t22-,26+/m0/s1. The van der Waals surface area contributed by atoms with Crippen molar-refractivity contribution in [1.29, 1.82) is 0 Å². The first-order valence-electron chi connectivity index (χ1n) is 11.8. The van der Waals surface area contributed by atoms with Gasteiger partial charge < -0.3 is 19.7 Å². The molecule has 2 aromatic carbocycles. The number of para-hydroxylation sites is 2. The number of rotatable bonds is 9. The van der Waals surface area contributed by atoms with Crippen molar-refractivity contribution in [2.75, 3.05) is 57.4 Å². The molecule has 33 heavy (non-hydrogen) atoms. The van der Waals surface area contributed by atoms with Crippen LogP contribution in [0.3, 0.4) is 0 Å². The fourth-order valence-electron chi connectivity index (χ4n) is 5.02. The molecule has 3 aliphatic rings. The first-order chi connectivity index (χ1) is 16.2. The van der Waals surface area contributed by atoms with Crippen LogP contribution in [0.5, 0.6) is 5.75 Å². The molecule has 0 radical (unpaired) electrons. The van der Waals surface area contributed by atoms with E-state index in [9.17, 15) is 9.59 Å². The van der Waals surface area contributed by atoms with Crippen molar-refractivity contribution < 1.29 is 19.1 Å². The lowest BCUT2D eigenvalue weighted by Crippen LogP contribution is -2.48. The third kappa shape index (κ3) is 4.61. The molecule has 2 fully saturated rings. The SMILES string of the molecule is O=C(CN1C(=O)[C@@]2(COc3ccccc3)C[C@H]2c2ccccc21)NCCCN1CCOCC1. The van der Waals surface area contributed by atoms with E-state index >= 15 is 0 Å². The second kappa shape index (κ2) is 9.53. The largest absolute Gasteiger partial charge is 0.492 e. The fourth-order valence-corrected chi connectivity index (χ4v) is 5.02. The molecular formula is C26H31N3O4. The fraction of sp³-hybridized carbons (Fsp3) is 0.462. The van der Waals surface area contributed by atoms with Crippen molar-refractivity contribution in [2.24, 2.45) is 5.41 Å². The molecule has 2 atom stereocenters. The molecule has 0 spiro atoms. The molecule has 0 bridgehead atoms. The average Bonchev–Trinajstić information content (AvgIpc) is 3.61. The molecule has 2 heterocycles. The topological polar surface area (TPSA) is 71.1 Å². The Labute approximate surface area is 194 Å². The summed E-state index contributed by atoms with van der Waals surface area (Å²) in [5, 5.41) is 3.00. The average molecular weight is 450 g/mol. The van der Waals surface area contributed by atoms with E-state index < -0.39 is 5.41 Å². The van der Waals surface area contributed by atoms with Crippen LogP contribution in [0.4, 0.5) is 5.69 Å². The molecule has 1 aliphatic carbocycles. The summed E-state index contributed by atoms with van der Waals surface area (Å²) in [7, 11) is 0. The number of fused-ring (bicyclic) bond motifs is 3. The van der Waals surface area contributed by atoms with Gasteiger partial charge in [-0.3, -0.25) is 14.5 Å². The highest BCUT2D eigenvalue weighted by Crippen LogP contribution is 2.65. The van der Waals surface area contributed by atoms with Gasteiger partial charge in [-0.1, -0.05) is 36.4 Å². The molecule has 2 aromatic rings. The minimum absolute atomic E-state index is 0.00871. The minimum Gasteiger partial charge on any atom is -0.492 e. The lowest BCUT2D eigenvalue weighted by atomic mass is 9.92. The monoisotopic (exact) mass is 449 g/mol. The molecule has 2 amide bonds. The maximum Gasteiger partial charge on any atom is 0.240 e. The van der Waals surface area contributed by atoms with Crippen LogP contribution in [-0.2, 0) is 14.3 Å². The number of benzene rings is 2. The predicted octanol–water partition coefficient (Wildman–Crippen LogP) is 2.42. The molecule has 7 heteroatoms. The molecule has 0 aromatic heterocycles. The second-order valence-electron chi connectivity index (χ2n) is 9.12. The van der Waals surface area contributed by atoms with Crippen LogP contribution in [-0.4, -0.2) is 69.3 Å². The Balaban J connectivity index is 1.21. The maximum atomic E-state index is 13.6. The molecule has 174 valence electrons. The van der Waals surface area contributed by atoms with E-state index in [0.717, 1.165) is 62.7 Å². The Hall–Kier alpha value is -2.90. The van der Waals surface area contributed by atoms with Gasteiger partial charge in [0.2, 0.25) is 11.8 Å². The zero-order chi connectivity index (χ0) is 22.7. The van der Waals surface area contributed by atoms with Crippen molar-refractivity contribution in [3.8, 4) is 5.75 Å². The number of carbonyl (C=O) groups excluding carboxylic acids is 2. The van der Waals surface area contributed by atoms with E-state index in [2.05, 4.69) is 16.3 Å². The number of nitrogens with one attached hydrogen (secondary N) is 1. The summed E-state index contributed by atoms with van der Waals surface area (Å²) >= 11 is 0. The van der Waals surface area contributed by atoms with Gasteiger partial charge >= 0.3 is 0 Å². The molecule has 1 saturated carbocycles. The van der Waals surface area contributed by atoms with Crippen molar-refractivity contribution in [2.45, 2.75) is 18.8 Å². The number of hydrogen-bond donors (Lipinski definition) is 1. The van der Waals surface area contributed by atoms with Crippen LogP contribution in [0.15, 0.2) is 54.6 Å². The number of morpholine rings is 1. The van der Waals surface area contributed by atoms with Gasteiger partial charge in [0, 0.05) is 31.2 Å². The Morgan fingerprint density at radius 3 is 2.67 bits per heavy atom. The molecule has 0 unspecified atom stereocenters. The predicted molar refractivity (Wildman–Crippen MR) is 125 cm³/mol. The van der Waals surface area contributed by atoms with Crippen molar-refractivity contribution in [3.63, 3.8) is 0 Å². The Bertz CT molecular complexity index is 992. The number of carbonyl (C=O) groups is 2. The zero-order valence-corrected chi connectivity index (χ0v) is 18.9. The summed E-state index contributed by atoms with van der Waals surface area (Å²) in [6.07, 6.45) is 1.64. The first-order valence-corrected chi connectivity index (χ1v) is 11.8. The number of nitrogens with zero attached hydrogens (tertiary/aromatic N) is 2. The van der Waals surface area contributed by atoms with Crippen LogP contribution in [0.1, 0.15) is 24.3 Å². The van der Waals surface area contributed by atoms with Crippen molar-refractivity contribution >= 4 is 17.5 Å². The Kier molecular flexibility index (Phi) is 6.33. The van der Waals surface area contributed by atoms with Crippen LogP contribution in [0.25, 0.3) is 0 Å². The third-order valence-corrected chi connectivity index (χ3v) is 6.97. The second-order valence-corrected chi connectivity index (χ2v) is 9.12. The van der Waals surface area contributed by atoms with E-state index in [1.807, 2.05) is 48.5 Å². The quantitative estimate of drug-likeness (QED) is 0.596. The van der Waals surface area contributed by atoms with E-state index in [4.69, 9.17) is 9.47 Å². The molecular weight excluding hydrogens is 418 g/mol. The van der Waals surface area contributed by atoms with Crippen LogP contribution < -0.4 is 15.0 Å². The number of ether oxygens (including phenoxy) is 2. The third-order valence-electron chi connectivity index (χ3n) is 6.97. The van der Waals surface area contributed by atoms with Gasteiger partial charge in [0.25, 0.3) is 0 Å². The van der Waals surface area contributed by atoms with Gasteiger partial charge in [-0.25, -0.2) is 0 Å². The van der Waals surface area contributed by atoms with Gasteiger partial charge in [0.05, 0.1) is 18.6 Å². The number of amides is 2. The highest BCUT2D eigenvalue weighted by molar-refractivity contribution is 6.07. The number of anilines is 1. The summed E-state index contributed by atoms with van der Waals surface area (Å²) in [6, 6.07) is 17.5. The maximum absolute atomic E-state index is 13.6. The summed E-state index contributed by atoms with van der Waals surface area (Å²) in [6.45, 7) is 5.35. The molecule has 5 rings (SSSR count). The number of hydrogen-bond acceptors (Lipinski definition) is 5. The minimum atomic E-state index is -0.583.